The molecule has 214 valence electrons. The number of unbranched alkanes of at least 4 members (excludes halogenated alkanes) is 18. The van der Waals surface area contributed by atoms with Crippen LogP contribution in [0.5, 0.6) is 5.75 Å². The van der Waals surface area contributed by atoms with Crippen LogP contribution in [0.4, 0.5) is 0 Å². The molecule has 0 spiro atoms. The Bertz CT molecular complexity index is 804. The van der Waals surface area contributed by atoms with Gasteiger partial charge in [0.1, 0.15) is 12.3 Å². The second kappa shape index (κ2) is 24.4. The number of aliphatic hydroxyl groups is 1. The number of nitrogens with zero attached hydrogens (tertiary/aromatic N) is 1. The molecule has 0 unspecified atom stereocenters. The molecule has 0 radical (unpaired) electrons. The molecule has 2 N–H and O–H groups in total. The number of halogens is 1. The van der Waals surface area contributed by atoms with Crippen molar-refractivity contribution in [1.29, 1.82) is 0 Å². The third-order valence-corrected chi connectivity index (χ3v) is 7.35. The van der Waals surface area contributed by atoms with E-state index >= 15 is 0 Å². The molecular weight excluding hydrogens is 534 g/mol. The van der Waals surface area contributed by atoms with Crippen molar-refractivity contribution in [2.24, 2.45) is 0 Å². The lowest BCUT2D eigenvalue weighted by Crippen LogP contribution is -3.00. The van der Waals surface area contributed by atoms with Crippen molar-refractivity contribution in [3.63, 3.8) is 0 Å². The first-order chi connectivity index (χ1) is 18.3. The summed E-state index contributed by atoms with van der Waals surface area (Å²) in [5.74, 6) is 0.304. The Kier molecular flexibility index (Phi) is 22.1. The van der Waals surface area contributed by atoms with Crippen LogP contribution in [0.2, 0.25) is 0 Å². The van der Waals surface area contributed by atoms with Crippen LogP contribution in [0.15, 0.2) is 48.8 Å². The number of hydrogen-bond acceptors (Lipinski definition) is 2. The third kappa shape index (κ3) is 18.6. The summed E-state index contributed by atoms with van der Waals surface area (Å²) in [6.07, 6.45) is 34.4. The second-order valence-corrected chi connectivity index (χ2v) is 10.7. The highest BCUT2D eigenvalue weighted by atomic mass is 79.9. The highest BCUT2D eigenvalue weighted by Crippen LogP contribution is 2.15. The number of hydrogen-bond donors (Lipinski definition) is 2. The lowest BCUT2D eigenvalue weighted by molar-refractivity contribution is -0.697. The van der Waals surface area contributed by atoms with Gasteiger partial charge in [-0.2, -0.15) is 0 Å². The van der Waals surface area contributed by atoms with E-state index in [4.69, 9.17) is 5.11 Å². The minimum Gasteiger partial charge on any atom is -1.00 e. The maximum Gasteiger partial charge on any atom is 0.169 e. The summed E-state index contributed by atoms with van der Waals surface area (Å²) in [6.45, 7) is 1.47. The number of aliphatic hydroxyl groups excluding tert-OH is 1. The van der Waals surface area contributed by atoms with Crippen molar-refractivity contribution < 1.29 is 31.8 Å². The van der Waals surface area contributed by atoms with E-state index < -0.39 is 0 Å². The number of benzene rings is 1. The summed E-state index contributed by atoms with van der Waals surface area (Å²) in [6, 6.07) is 11.6. The number of phenols is 1. The fraction of sp³-hybridized carbons (Fsp3) is 0.618. The first kappa shape index (κ1) is 34.4. The molecule has 3 nitrogen and oxygen atoms in total. The molecule has 0 fully saturated rings. The van der Waals surface area contributed by atoms with Crippen LogP contribution in [0, 0.1) is 0 Å². The second-order valence-electron chi connectivity index (χ2n) is 10.7. The molecule has 4 heteroatoms. The van der Waals surface area contributed by atoms with E-state index in [2.05, 4.69) is 41.2 Å². The van der Waals surface area contributed by atoms with Gasteiger partial charge < -0.3 is 27.2 Å². The van der Waals surface area contributed by atoms with Crippen molar-refractivity contribution in [1.82, 2.24) is 0 Å². The molecule has 1 aromatic carbocycles. The van der Waals surface area contributed by atoms with Gasteiger partial charge in [-0.1, -0.05) is 127 Å². The molecule has 0 saturated carbocycles. The maximum absolute atomic E-state index is 9.37. The summed E-state index contributed by atoms with van der Waals surface area (Å²) in [5.41, 5.74) is 2.29. The number of aryl methyl sites for hydroxylation is 1. The highest BCUT2D eigenvalue weighted by Gasteiger charge is 2.01. The molecule has 0 amide bonds. The molecule has 2 rings (SSSR count). The zero-order valence-corrected chi connectivity index (χ0v) is 25.4. The van der Waals surface area contributed by atoms with Gasteiger partial charge in [-0.05, 0) is 36.1 Å². The Morgan fingerprint density at radius 3 is 1.21 bits per heavy atom. The predicted molar refractivity (Wildman–Crippen MR) is 158 cm³/mol. The lowest BCUT2D eigenvalue weighted by Gasteiger charge is -2.04. The summed E-state index contributed by atoms with van der Waals surface area (Å²) in [5, 5.41) is 18.2. The fourth-order valence-corrected chi connectivity index (χ4v) is 4.92. The number of phenolic OH excluding ortho intramolecular Hbond substituents is 1. The van der Waals surface area contributed by atoms with Gasteiger partial charge in [-0.15, -0.1) is 0 Å². The quantitative estimate of drug-likeness (QED) is 0.119. The van der Waals surface area contributed by atoms with Crippen LogP contribution < -0.4 is 21.5 Å². The van der Waals surface area contributed by atoms with Crippen molar-refractivity contribution >= 4 is 12.2 Å². The summed E-state index contributed by atoms with van der Waals surface area (Å²) < 4.78 is 2.29. The van der Waals surface area contributed by atoms with Gasteiger partial charge in [-0.3, -0.25) is 0 Å². The summed E-state index contributed by atoms with van der Waals surface area (Å²) in [7, 11) is 0. The van der Waals surface area contributed by atoms with Crippen LogP contribution in [-0.4, -0.2) is 16.8 Å². The van der Waals surface area contributed by atoms with Crippen LogP contribution in [-0.2, 0) is 6.54 Å². The zero-order valence-electron chi connectivity index (χ0n) is 23.8. The van der Waals surface area contributed by atoms with E-state index in [9.17, 15) is 5.11 Å². The summed E-state index contributed by atoms with van der Waals surface area (Å²) in [4.78, 5) is 0. The van der Waals surface area contributed by atoms with Crippen molar-refractivity contribution in [2.75, 3.05) is 6.61 Å². The van der Waals surface area contributed by atoms with Crippen molar-refractivity contribution in [2.45, 2.75) is 129 Å². The average Bonchev–Trinajstić information content (AvgIpc) is 2.92. The van der Waals surface area contributed by atoms with Gasteiger partial charge in [0.25, 0.3) is 0 Å². The minimum absolute atomic E-state index is 0. The van der Waals surface area contributed by atoms with Crippen LogP contribution >= 0.6 is 0 Å². The van der Waals surface area contributed by atoms with E-state index in [0.29, 0.717) is 12.4 Å². The Labute approximate surface area is 244 Å². The Morgan fingerprint density at radius 1 is 0.474 bits per heavy atom. The molecule has 1 aromatic heterocycles. The number of rotatable bonds is 23. The van der Waals surface area contributed by atoms with Gasteiger partial charge >= 0.3 is 0 Å². The molecule has 0 saturated heterocycles. The monoisotopic (exact) mass is 587 g/mol. The topological polar surface area (TPSA) is 44.3 Å². The van der Waals surface area contributed by atoms with Gasteiger partial charge in [0, 0.05) is 25.2 Å². The summed E-state index contributed by atoms with van der Waals surface area (Å²) >= 11 is 0. The number of aromatic nitrogens is 1. The molecule has 0 aliphatic heterocycles. The number of pyridine rings is 1. The SMILES string of the molecule is OCCCCCCCCCCCCCCCCCCCCC[n+]1ccc(/C=C\c2ccc(O)cc2)cc1.[Br-]. The van der Waals surface area contributed by atoms with E-state index in [1.165, 1.54) is 121 Å². The van der Waals surface area contributed by atoms with Gasteiger partial charge in [-0.25, -0.2) is 4.57 Å². The maximum atomic E-state index is 9.37. The Morgan fingerprint density at radius 2 is 0.816 bits per heavy atom. The first-order valence-electron chi connectivity index (χ1n) is 15.3. The van der Waals surface area contributed by atoms with E-state index in [-0.39, 0.29) is 17.0 Å². The largest absolute Gasteiger partial charge is 1.00 e. The molecule has 0 bridgehead atoms. The molecular formula is C34H54BrNO2. The van der Waals surface area contributed by atoms with Gasteiger partial charge in [0.15, 0.2) is 12.4 Å². The van der Waals surface area contributed by atoms with Crippen LogP contribution in [0.1, 0.15) is 133 Å². The Hall–Kier alpha value is -1.65. The number of aromatic hydroxyl groups is 1. The predicted octanol–water partition coefficient (Wildman–Crippen LogP) is 6.26. The van der Waals surface area contributed by atoms with Crippen LogP contribution in [0.25, 0.3) is 12.2 Å². The molecule has 2 aromatic rings. The third-order valence-electron chi connectivity index (χ3n) is 7.35. The molecule has 1 heterocycles. The van der Waals surface area contributed by atoms with E-state index in [0.717, 1.165) is 18.5 Å². The smallest absolute Gasteiger partial charge is 0.169 e. The van der Waals surface area contributed by atoms with Gasteiger partial charge in [0.05, 0.1) is 0 Å². The van der Waals surface area contributed by atoms with E-state index in [1.54, 1.807) is 12.1 Å². The molecule has 38 heavy (non-hydrogen) atoms. The van der Waals surface area contributed by atoms with E-state index in [1.807, 2.05) is 12.1 Å². The average molecular weight is 589 g/mol. The Balaban J connectivity index is 0.00000722. The molecule has 0 atom stereocenters. The van der Waals surface area contributed by atoms with Crippen LogP contribution in [0.3, 0.4) is 0 Å². The standard InChI is InChI=1S/C34H53NO2.BrH/c36-31-19-17-15-13-11-9-7-5-3-1-2-4-6-8-10-12-14-16-18-28-35-29-26-33(27-30-35)21-20-32-22-24-34(37)25-23-32;/h20-27,29-30,36H,1-19,28,31H2;1H. The minimum atomic E-state index is 0. The lowest BCUT2D eigenvalue weighted by atomic mass is 10.0. The van der Waals surface area contributed by atoms with Crippen molar-refractivity contribution in [3.8, 4) is 5.75 Å². The molecule has 0 aliphatic rings. The van der Waals surface area contributed by atoms with Gasteiger partial charge in [0.2, 0.25) is 0 Å². The normalized spacial score (nSPS) is 11.2. The molecule has 0 aliphatic carbocycles. The zero-order chi connectivity index (χ0) is 26.2. The fourth-order valence-electron chi connectivity index (χ4n) is 4.92. The first-order valence-corrected chi connectivity index (χ1v) is 15.3. The van der Waals surface area contributed by atoms with Crippen molar-refractivity contribution in [3.05, 3.63) is 59.9 Å². The highest BCUT2D eigenvalue weighted by molar-refractivity contribution is 5.69.